The first-order valence-electron chi connectivity index (χ1n) is 17.1. The number of fused-ring (bicyclic) bond motifs is 1. The highest BCUT2D eigenvalue weighted by Crippen LogP contribution is 2.38. The van der Waals surface area contributed by atoms with Crippen LogP contribution in [0.5, 0.6) is 28.7 Å². The Labute approximate surface area is 301 Å². The smallest absolute Gasteiger partial charge is 0.493 e. The lowest BCUT2D eigenvalue weighted by molar-refractivity contribution is -0.274. The average Bonchev–Trinajstić information content (AvgIpc) is 3.47. The lowest BCUT2D eigenvalue weighted by Gasteiger charge is -2.30. The molecule has 0 saturated carbocycles. The number of hydrogen-bond donors (Lipinski definition) is 1. The molecular weight excluding hydrogens is 700 g/mol. The van der Waals surface area contributed by atoms with Crippen molar-refractivity contribution >= 4 is 22.5 Å². The van der Waals surface area contributed by atoms with Crippen LogP contribution in [0.3, 0.4) is 0 Å². The number of carbonyl (C=O) groups excluding carboxylic acids is 1. The number of alkyl halides is 3. The normalized spacial score (nSPS) is 13.9. The number of halogens is 4. The SMILES string of the molecule is CCn1c(C(=O)Nc2ccc(Oc3ccnc4cc(OCCCN5CCC(C)CC5)c(OC)cc34)c(F)c2)nn(-c2ccccc2OC(F)(F)F)c1=O. The first-order chi connectivity index (χ1) is 25.4. The van der Waals surface area contributed by atoms with E-state index in [1.54, 1.807) is 25.1 Å². The van der Waals surface area contributed by atoms with Crippen LogP contribution in [0.2, 0.25) is 0 Å². The van der Waals surface area contributed by atoms with Crippen LogP contribution in [0.15, 0.2) is 71.7 Å². The number of hydrogen-bond acceptors (Lipinski definition) is 9. The molecule has 3 aromatic carbocycles. The standard InChI is InChI=1S/C37H38F4N6O6/c1-4-46-34(44-47(36(46)49)28-8-5-6-9-31(28)53-37(39,40)41)35(48)43-24-10-11-30(26(38)20-24)52-29-12-15-42-27-22-33(32(50-3)21-25(27)29)51-19-7-16-45-17-13-23(2)14-18-45/h5-6,8-12,15,20-23H,4,7,13-14,16-19H2,1-3H3,(H,43,48). The number of pyridine rings is 1. The van der Waals surface area contributed by atoms with Gasteiger partial charge in [0.1, 0.15) is 11.4 Å². The minimum Gasteiger partial charge on any atom is -0.493 e. The molecule has 1 fully saturated rings. The molecule has 280 valence electrons. The number of para-hydroxylation sites is 2. The van der Waals surface area contributed by atoms with Crippen LogP contribution in [0, 0.1) is 11.7 Å². The van der Waals surface area contributed by atoms with Gasteiger partial charge >= 0.3 is 12.1 Å². The Balaban J connectivity index is 1.15. The molecule has 0 unspecified atom stereocenters. The Hall–Kier alpha value is -5.64. The van der Waals surface area contributed by atoms with Crippen molar-refractivity contribution in [1.29, 1.82) is 0 Å². The van der Waals surface area contributed by atoms with E-state index in [9.17, 15) is 22.8 Å². The first kappa shape index (κ1) is 37.1. The second-order valence-corrected chi connectivity index (χ2v) is 12.5. The molecule has 1 aliphatic rings. The van der Waals surface area contributed by atoms with Gasteiger partial charge in [0.25, 0.3) is 5.91 Å². The Kier molecular flexibility index (Phi) is 11.2. The number of anilines is 1. The van der Waals surface area contributed by atoms with Crippen LogP contribution in [-0.2, 0) is 6.54 Å². The fourth-order valence-corrected chi connectivity index (χ4v) is 6.06. The monoisotopic (exact) mass is 738 g/mol. The fourth-order valence-electron chi connectivity index (χ4n) is 6.06. The van der Waals surface area contributed by atoms with Crippen molar-refractivity contribution in [1.82, 2.24) is 24.2 Å². The second-order valence-electron chi connectivity index (χ2n) is 12.5. The van der Waals surface area contributed by atoms with E-state index in [0.717, 1.165) is 48.7 Å². The van der Waals surface area contributed by atoms with Crippen LogP contribution in [0.4, 0.5) is 23.2 Å². The predicted octanol–water partition coefficient (Wildman–Crippen LogP) is 7.19. The van der Waals surface area contributed by atoms with E-state index in [4.69, 9.17) is 14.2 Å². The van der Waals surface area contributed by atoms with Crippen LogP contribution < -0.4 is 30.0 Å². The van der Waals surface area contributed by atoms with Gasteiger partial charge in [0.2, 0.25) is 5.82 Å². The minimum absolute atomic E-state index is 0.00296. The quantitative estimate of drug-likeness (QED) is 0.0988. The third-order valence-corrected chi connectivity index (χ3v) is 8.85. The van der Waals surface area contributed by atoms with Crippen molar-refractivity contribution in [2.75, 3.05) is 38.7 Å². The molecule has 16 heteroatoms. The third-order valence-electron chi connectivity index (χ3n) is 8.85. The number of rotatable bonds is 13. The lowest BCUT2D eigenvalue weighted by atomic mass is 9.99. The molecule has 1 saturated heterocycles. The molecule has 0 spiro atoms. The summed E-state index contributed by atoms with van der Waals surface area (Å²) in [7, 11) is 1.53. The maximum Gasteiger partial charge on any atom is 0.573 e. The van der Waals surface area contributed by atoms with Crippen LogP contribution in [0.25, 0.3) is 16.6 Å². The molecule has 0 bridgehead atoms. The summed E-state index contributed by atoms with van der Waals surface area (Å²) in [5.41, 5.74) is -0.662. The van der Waals surface area contributed by atoms with E-state index in [0.29, 0.717) is 39.4 Å². The summed E-state index contributed by atoms with van der Waals surface area (Å²) in [6.07, 6.45) is -0.222. The topological polar surface area (TPSA) is 122 Å². The number of ether oxygens (including phenoxy) is 4. The lowest BCUT2D eigenvalue weighted by Crippen LogP contribution is -2.34. The third kappa shape index (κ3) is 8.71. The van der Waals surface area contributed by atoms with Gasteiger partial charge in [-0.15, -0.1) is 18.3 Å². The van der Waals surface area contributed by atoms with Gasteiger partial charge in [-0.05, 0) is 81.6 Å². The number of amides is 1. The number of methoxy groups -OCH3 is 1. The summed E-state index contributed by atoms with van der Waals surface area (Å²) in [4.78, 5) is 33.2. The first-order valence-corrected chi connectivity index (χ1v) is 17.1. The van der Waals surface area contributed by atoms with E-state index < -0.39 is 35.4 Å². The van der Waals surface area contributed by atoms with E-state index in [2.05, 4.69) is 32.0 Å². The van der Waals surface area contributed by atoms with Crippen molar-refractivity contribution < 1.29 is 41.3 Å². The molecule has 3 heterocycles. The van der Waals surface area contributed by atoms with Crippen molar-refractivity contribution in [3.05, 3.63) is 89.0 Å². The average molecular weight is 739 g/mol. The van der Waals surface area contributed by atoms with Gasteiger partial charge in [0.15, 0.2) is 28.8 Å². The Morgan fingerprint density at radius 2 is 1.75 bits per heavy atom. The Morgan fingerprint density at radius 1 is 0.981 bits per heavy atom. The van der Waals surface area contributed by atoms with E-state index in [1.807, 2.05) is 0 Å². The minimum atomic E-state index is -5.03. The fraction of sp³-hybridized carbons (Fsp3) is 0.351. The number of nitrogens with one attached hydrogen (secondary N) is 1. The Bertz CT molecular complexity index is 2150. The van der Waals surface area contributed by atoms with Crippen molar-refractivity contribution in [3.63, 3.8) is 0 Å². The highest BCUT2D eigenvalue weighted by atomic mass is 19.4. The second kappa shape index (κ2) is 15.9. The molecule has 6 rings (SSSR count). The van der Waals surface area contributed by atoms with Gasteiger partial charge in [0.05, 0.1) is 19.2 Å². The molecule has 0 atom stereocenters. The molecular formula is C37H38F4N6O6. The summed E-state index contributed by atoms with van der Waals surface area (Å²) < 4.78 is 77.7. The van der Waals surface area contributed by atoms with Gasteiger partial charge in [0, 0.05) is 42.5 Å². The van der Waals surface area contributed by atoms with Crippen LogP contribution in [-0.4, -0.2) is 69.9 Å². The summed E-state index contributed by atoms with van der Waals surface area (Å²) in [5.74, 6) is -0.927. The molecule has 2 aromatic heterocycles. The molecule has 1 amide bonds. The molecule has 0 aliphatic carbocycles. The molecule has 0 radical (unpaired) electrons. The number of likely N-dealkylation sites (tertiary alicyclic amines) is 1. The van der Waals surface area contributed by atoms with Crippen molar-refractivity contribution in [3.8, 4) is 34.4 Å². The van der Waals surface area contributed by atoms with E-state index in [1.165, 1.54) is 56.5 Å². The maximum atomic E-state index is 15.4. The molecule has 1 aliphatic heterocycles. The largest absolute Gasteiger partial charge is 0.573 e. The van der Waals surface area contributed by atoms with Crippen molar-refractivity contribution in [2.24, 2.45) is 5.92 Å². The number of nitrogens with zero attached hydrogens (tertiary/aromatic N) is 5. The van der Waals surface area contributed by atoms with E-state index in [-0.39, 0.29) is 23.7 Å². The van der Waals surface area contributed by atoms with Crippen LogP contribution >= 0.6 is 0 Å². The number of aromatic nitrogens is 4. The molecule has 53 heavy (non-hydrogen) atoms. The zero-order chi connectivity index (χ0) is 37.7. The predicted molar refractivity (Wildman–Crippen MR) is 188 cm³/mol. The summed E-state index contributed by atoms with van der Waals surface area (Å²) in [6, 6.07) is 13.6. The highest BCUT2D eigenvalue weighted by Gasteiger charge is 2.33. The number of benzene rings is 3. The summed E-state index contributed by atoms with van der Waals surface area (Å²) in [6.45, 7) is 7.46. The van der Waals surface area contributed by atoms with Gasteiger partial charge in [-0.2, -0.15) is 4.68 Å². The number of carbonyl (C=O) groups is 1. The summed E-state index contributed by atoms with van der Waals surface area (Å²) in [5, 5.41) is 7.01. The van der Waals surface area contributed by atoms with Gasteiger partial charge < -0.3 is 29.2 Å². The van der Waals surface area contributed by atoms with Crippen LogP contribution in [0.1, 0.15) is 43.7 Å². The van der Waals surface area contributed by atoms with E-state index >= 15 is 4.39 Å². The number of piperidine rings is 1. The zero-order valence-corrected chi connectivity index (χ0v) is 29.3. The molecule has 5 aromatic rings. The molecule has 12 nitrogen and oxygen atoms in total. The zero-order valence-electron chi connectivity index (χ0n) is 29.3. The van der Waals surface area contributed by atoms with Gasteiger partial charge in [-0.1, -0.05) is 19.1 Å². The summed E-state index contributed by atoms with van der Waals surface area (Å²) >= 11 is 0. The Morgan fingerprint density at radius 3 is 2.47 bits per heavy atom. The van der Waals surface area contributed by atoms with Gasteiger partial charge in [-0.3, -0.25) is 14.3 Å². The maximum absolute atomic E-state index is 15.4. The molecule has 1 N–H and O–H groups in total. The van der Waals surface area contributed by atoms with Crippen molar-refractivity contribution in [2.45, 2.75) is 46.0 Å². The highest BCUT2D eigenvalue weighted by molar-refractivity contribution is 6.01. The van der Waals surface area contributed by atoms with Gasteiger partial charge in [-0.25, -0.2) is 9.18 Å².